The fraction of sp³-hybridized carbons (Fsp3) is 0.583. The van der Waals surface area contributed by atoms with Crippen molar-refractivity contribution in [2.24, 2.45) is 4.99 Å². The predicted octanol–water partition coefficient (Wildman–Crippen LogP) is 2.33. The molecule has 5 heteroatoms. The van der Waals surface area contributed by atoms with Gasteiger partial charge in [0.25, 0.3) is 0 Å². The van der Waals surface area contributed by atoms with Crippen LogP contribution < -0.4 is 0 Å². The molecule has 0 aromatic carbocycles. The van der Waals surface area contributed by atoms with Gasteiger partial charge in [0.15, 0.2) is 5.96 Å². The smallest absolute Gasteiger partial charge is 0.196 e. The molecule has 17 heavy (non-hydrogen) atoms. The molecule has 0 spiro atoms. The molecule has 96 valence electrons. The highest BCUT2D eigenvalue weighted by molar-refractivity contribution is 14.0. The molecule has 0 saturated heterocycles. The molecular weight excluding hydrogens is 329 g/mol. The summed E-state index contributed by atoms with van der Waals surface area (Å²) in [5, 5.41) is 0. The van der Waals surface area contributed by atoms with Crippen LogP contribution in [0.3, 0.4) is 0 Å². The Labute approximate surface area is 120 Å². The molecule has 1 aliphatic rings. The van der Waals surface area contributed by atoms with Crippen molar-refractivity contribution in [3.8, 4) is 0 Å². The molecule has 0 saturated carbocycles. The van der Waals surface area contributed by atoms with Crippen LogP contribution in [-0.4, -0.2) is 42.4 Å². The first-order valence-corrected chi connectivity index (χ1v) is 5.76. The third-order valence-corrected chi connectivity index (χ3v) is 2.98. The summed E-state index contributed by atoms with van der Waals surface area (Å²) in [4.78, 5) is 8.97. The molecule has 2 heterocycles. The molecule has 4 nitrogen and oxygen atoms in total. The van der Waals surface area contributed by atoms with E-state index in [0.29, 0.717) is 0 Å². The van der Waals surface area contributed by atoms with E-state index in [4.69, 9.17) is 4.42 Å². The summed E-state index contributed by atoms with van der Waals surface area (Å²) < 4.78 is 5.45. The first-order chi connectivity index (χ1) is 7.72. The molecule has 0 N–H and O–H groups in total. The molecule has 0 unspecified atom stereocenters. The van der Waals surface area contributed by atoms with Crippen LogP contribution in [-0.2, 0) is 6.54 Å². The zero-order valence-electron chi connectivity index (χ0n) is 10.6. The van der Waals surface area contributed by atoms with Crippen molar-refractivity contribution < 1.29 is 4.42 Å². The van der Waals surface area contributed by atoms with Crippen LogP contribution in [0.25, 0.3) is 0 Å². The SMILES string of the molecule is CCN1CCN=C1N(C)Cc1occc1C.I. The Bertz CT molecular complexity index is 389. The normalized spacial score (nSPS) is 14.5. The highest BCUT2D eigenvalue weighted by Gasteiger charge is 2.19. The second kappa shape index (κ2) is 6.28. The Morgan fingerprint density at radius 1 is 1.53 bits per heavy atom. The third kappa shape index (κ3) is 3.14. The summed E-state index contributed by atoms with van der Waals surface area (Å²) in [6.45, 7) is 7.97. The largest absolute Gasteiger partial charge is 0.467 e. The summed E-state index contributed by atoms with van der Waals surface area (Å²) in [5.41, 5.74) is 1.20. The van der Waals surface area contributed by atoms with E-state index in [1.165, 1.54) is 5.56 Å². The zero-order valence-corrected chi connectivity index (χ0v) is 13.0. The minimum absolute atomic E-state index is 0. The first kappa shape index (κ1) is 14.3. The lowest BCUT2D eigenvalue weighted by atomic mass is 10.3. The van der Waals surface area contributed by atoms with Gasteiger partial charge in [-0.1, -0.05) is 0 Å². The van der Waals surface area contributed by atoms with Gasteiger partial charge in [-0.3, -0.25) is 4.99 Å². The Hall–Kier alpha value is -0.720. The van der Waals surface area contributed by atoms with Gasteiger partial charge in [-0.05, 0) is 25.5 Å². The van der Waals surface area contributed by atoms with E-state index >= 15 is 0 Å². The van der Waals surface area contributed by atoms with Gasteiger partial charge < -0.3 is 14.2 Å². The van der Waals surface area contributed by atoms with Gasteiger partial charge in [0.05, 0.1) is 19.4 Å². The topological polar surface area (TPSA) is 32.0 Å². The minimum atomic E-state index is 0. The van der Waals surface area contributed by atoms with Crippen LogP contribution in [0.5, 0.6) is 0 Å². The van der Waals surface area contributed by atoms with Gasteiger partial charge in [0, 0.05) is 20.1 Å². The molecule has 0 radical (unpaired) electrons. The van der Waals surface area contributed by atoms with Gasteiger partial charge in [-0.15, -0.1) is 24.0 Å². The number of nitrogens with zero attached hydrogens (tertiary/aromatic N) is 3. The number of guanidine groups is 1. The summed E-state index contributed by atoms with van der Waals surface area (Å²) in [6.07, 6.45) is 1.74. The van der Waals surface area contributed by atoms with E-state index in [-0.39, 0.29) is 24.0 Å². The number of rotatable bonds is 3. The molecular formula is C12H20IN3O. The fourth-order valence-electron chi connectivity index (χ4n) is 1.98. The molecule has 1 aromatic heterocycles. The van der Waals surface area contributed by atoms with Gasteiger partial charge in [0.2, 0.25) is 0 Å². The molecule has 0 aliphatic carbocycles. The van der Waals surface area contributed by atoms with E-state index in [2.05, 4.69) is 35.7 Å². The monoisotopic (exact) mass is 349 g/mol. The van der Waals surface area contributed by atoms with E-state index in [1.807, 2.05) is 6.07 Å². The van der Waals surface area contributed by atoms with E-state index in [9.17, 15) is 0 Å². The van der Waals surface area contributed by atoms with Gasteiger partial charge in [0.1, 0.15) is 5.76 Å². The predicted molar refractivity (Wildman–Crippen MR) is 79.9 cm³/mol. The third-order valence-electron chi connectivity index (χ3n) is 2.98. The number of furan rings is 1. The summed E-state index contributed by atoms with van der Waals surface area (Å²) in [7, 11) is 2.06. The van der Waals surface area contributed by atoms with Crippen LogP contribution in [0.2, 0.25) is 0 Å². The molecule has 1 aliphatic heterocycles. The Morgan fingerprint density at radius 3 is 2.88 bits per heavy atom. The van der Waals surface area contributed by atoms with E-state index < -0.39 is 0 Å². The highest BCUT2D eigenvalue weighted by atomic mass is 127. The number of halogens is 1. The van der Waals surface area contributed by atoms with Crippen molar-refractivity contribution in [1.29, 1.82) is 0 Å². The summed E-state index contributed by atoms with van der Waals surface area (Å²) in [5.74, 6) is 2.10. The van der Waals surface area contributed by atoms with Crippen molar-refractivity contribution >= 4 is 29.9 Å². The lowest BCUT2D eigenvalue weighted by Gasteiger charge is -2.26. The molecule has 0 atom stereocenters. The molecule has 2 rings (SSSR count). The molecule has 1 aromatic rings. The number of aryl methyl sites for hydroxylation is 1. The van der Waals surface area contributed by atoms with Crippen LogP contribution >= 0.6 is 24.0 Å². The lowest BCUT2D eigenvalue weighted by molar-refractivity contribution is 0.353. The second-order valence-electron chi connectivity index (χ2n) is 4.14. The number of hydrogen-bond donors (Lipinski definition) is 0. The minimum Gasteiger partial charge on any atom is -0.467 e. The van der Waals surface area contributed by atoms with Crippen molar-refractivity contribution in [2.75, 3.05) is 26.7 Å². The van der Waals surface area contributed by atoms with Crippen molar-refractivity contribution in [1.82, 2.24) is 9.80 Å². The lowest BCUT2D eigenvalue weighted by Crippen LogP contribution is -2.39. The standard InChI is InChI=1S/C12H19N3O.HI/c1-4-15-7-6-13-12(15)14(3)9-11-10(2)5-8-16-11;/h5,8H,4,6-7,9H2,1-3H3;1H. The van der Waals surface area contributed by atoms with Crippen molar-refractivity contribution in [3.63, 3.8) is 0 Å². The quantitative estimate of drug-likeness (QED) is 0.785. The van der Waals surface area contributed by atoms with Gasteiger partial charge in [-0.2, -0.15) is 0 Å². The fourth-order valence-corrected chi connectivity index (χ4v) is 1.98. The van der Waals surface area contributed by atoms with Crippen LogP contribution in [0.1, 0.15) is 18.2 Å². The van der Waals surface area contributed by atoms with E-state index in [1.54, 1.807) is 6.26 Å². The van der Waals surface area contributed by atoms with Gasteiger partial charge >= 0.3 is 0 Å². The second-order valence-corrected chi connectivity index (χ2v) is 4.14. The Morgan fingerprint density at radius 2 is 2.29 bits per heavy atom. The Balaban J connectivity index is 0.00000144. The molecule has 0 amide bonds. The van der Waals surface area contributed by atoms with Gasteiger partial charge in [-0.25, -0.2) is 0 Å². The van der Waals surface area contributed by atoms with E-state index in [0.717, 1.165) is 37.9 Å². The van der Waals surface area contributed by atoms with Crippen LogP contribution in [0, 0.1) is 6.92 Å². The number of hydrogen-bond acceptors (Lipinski definition) is 4. The first-order valence-electron chi connectivity index (χ1n) is 5.76. The maximum atomic E-state index is 5.45. The molecule has 0 bridgehead atoms. The highest BCUT2D eigenvalue weighted by Crippen LogP contribution is 2.13. The van der Waals surface area contributed by atoms with Crippen molar-refractivity contribution in [3.05, 3.63) is 23.7 Å². The van der Waals surface area contributed by atoms with Crippen LogP contribution in [0.15, 0.2) is 21.7 Å². The average Bonchev–Trinajstić information content (AvgIpc) is 2.87. The van der Waals surface area contributed by atoms with Crippen molar-refractivity contribution in [2.45, 2.75) is 20.4 Å². The summed E-state index contributed by atoms with van der Waals surface area (Å²) in [6, 6.07) is 2.00. The molecule has 0 fully saturated rings. The maximum absolute atomic E-state index is 5.45. The number of aliphatic imine (C=N–C) groups is 1. The zero-order chi connectivity index (χ0) is 11.5. The number of likely N-dealkylation sites (N-methyl/N-ethyl adjacent to an activating group) is 1. The summed E-state index contributed by atoms with van der Waals surface area (Å²) >= 11 is 0. The van der Waals surface area contributed by atoms with Crippen LogP contribution in [0.4, 0.5) is 0 Å². The maximum Gasteiger partial charge on any atom is 0.196 e. The average molecular weight is 349 g/mol. The Kier molecular flexibility index (Phi) is 5.30.